The number of rotatable bonds is 5. The number of hydrogen-bond donors (Lipinski definition) is 1. The molecule has 0 aliphatic heterocycles. The molecular weight excluding hydrogens is 270 g/mol. The normalized spacial score (nSPS) is 15.8. The summed E-state index contributed by atoms with van der Waals surface area (Å²) >= 11 is 0. The molecule has 0 heterocycles. The van der Waals surface area contributed by atoms with E-state index in [0.29, 0.717) is 12.3 Å². The molecule has 0 aromatic carbocycles. The van der Waals surface area contributed by atoms with Gasteiger partial charge >= 0.3 is 0 Å². The van der Waals surface area contributed by atoms with Crippen LogP contribution in [-0.2, 0) is 4.74 Å². The molecule has 2 nitrogen and oxygen atoms in total. The molecule has 2 heteroatoms. The second-order valence-corrected chi connectivity index (χ2v) is 5.41. The Balaban J connectivity index is 0.000000541. The zero-order valence-corrected chi connectivity index (χ0v) is 13.8. The van der Waals surface area contributed by atoms with E-state index >= 15 is 0 Å². The van der Waals surface area contributed by atoms with Crippen molar-refractivity contribution in [2.24, 2.45) is 5.73 Å². The second kappa shape index (κ2) is 10.5. The first kappa shape index (κ1) is 17.9. The van der Waals surface area contributed by atoms with Gasteiger partial charge in [-0.1, -0.05) is 44.2 Å². The minimum Gasteiger partial charge on any atom is -0.488 e. The number of nitrogens with two attached hydrogens (primary N) is 1. The Hall–Kier alpha value is -2.18. The first-order chi connectivity index (χ1) is 10.6. The van der Waals surface area contributed by atoms with Crippen molar-refractivity contribution in [3.8, 4) is 0 Å². The Kier molecular flexibility index (Phi) is 8.56. The van der Waals surface area contributed by atoms with Gasteiger partial charge in [0.25, 0.3) is 0 Å². The lowest BCUT2D eigenvalue weighted by Crippen LogP contribution is -1.97. The van der Waals surface area contributed by atoms with Crippen LogP contribution in [0.15, 0.2) is 77.4 Å². The van der Waals surface area contributed by atoms with Gasteiger partial charge in [-0.05, 0) is 55.2 Å². The van der Waals surface area contributed by atoms with Gasteiger partial charge in [0, 0.05) is 6.08 Å². The zero-order valence-electron chi connectivity index (χ0n) is 13.8. The molecule has 0 radical (unpaired) electrons. The van der Waals surface area contributed by atoms with Crippen molar-refractivity contribution in [1.29, 1.82) is 0 Å². The highest BCUT2D eigenvalue weighted by molar-refractivity contribution is 5.32. The maximum absolute atomic E-state index is 5.79. The Morgan fingerprint density at radius 3 is 2.68 bits per heavy atom. The van der Waals surface area contributed by atoms with Crippen LogP contribution in [0.4, 0.5) is 0 Å². The van der Waals surface area contributed by atoms with Crippen LogP contribution in [0.5, 0.6) is 0 Å². The van der Waals surface area contributed by atoms with Crippen molar-refractivity contribution in [1.82, 2.24) is 0 Å². The Labute approximate surface area is 134 Å². The molecular formula is C20H27NO. The van der Waals surface area contributed by atoms with Crippen molar-refractivity contribution in [3.63, 3.8) is 0 Å². The van der Waals surface area contributed by atoms with Gasteiger partial charge in [0.2, 0.25) is 0 Å². The lowest BCUT2D eigenvalue weighted by molar-refractivity contribution is 0.255. The summed E-state index contributed by atoms with van der Waals surface area (Å²) in [5.41, 5.74) is 11.3. The molecule has 0 aromatic heterocycles. The van der Waals surface area contributed by atoms with Gasteiger partial charge in [0.15, 0.2) is 0 Å². The minimum atomic E-state index is 0.650. The summed E-state index contributed by atoms with van der Waals surface area (Å²) in [6, 6.07) is 0. The molecule has 0 fully saturated rings. The summed E-state index contributed by atoms with van der Waals surface area (Å²) in [5, 5.41) is 0. The average Bonchev–Trinajstić information content (AvgIpc) is 2.72. The molecule has 0 spiro atoms. The van der Waals surface area contributed by atoms with Crippen molar-refractivity contribution >= 4 is 0 Å². The Bertz CT molecular complexity index is 548. The molecule has 118 valence electrons. The van der Waals surface area contributed by atoms with Crippen LogP contribution in [0.1, 0.15) is 39.5 Å². The molecule has 2 N–H and O–H groups in total. The summed E-state index contributed by atoms with van der Waals surface area (Å²) in [6.45, 7) is 7.92. The highest BCUT2D eigenvalue weighted by atomic mass is 16.5. The molecule has 22 heavy (non-hydrogen) atoms. The van der Waals surface area contributed by atoms with E-state index in [1.54, 1.807) is 6.92 Å². The molecule has 0 saturated heterocycles. The summed E-state index contributed by atoms with van der Waals surface area (Å²) < 4.78 is 5.79. The molecule has 0 unspecified atom stereocenters. The predicted octanol–water partition coefficient (Wildman–Crippen LogP) is 5.09. The number of allylic oxidation sites excluding steroid dienone is 7. The summed E-state index contributed by atoms with van der Waals surface area (Å²) in [6.07, 6.45) is 19.2. The summed E-state index contributed by atoms with van der Waals surface area (Å²) in [7, 11) is 0. The molecule has 0 amide bonds. The first-order valence-electron chi connectivity index (χ1n) is 7.84. The van der Waals surface area contributed by atoms with Gasteiger partial charge in [0.1, 0.15) is 12.4 Å². The highest BCUT2D eigenvalue weighted by Gasteiger charge is 2.00. The number of hydrogen-bond acceptors (Lipinski definition) is 2. The quantitative estimate of drug-likeness (QED) is 0.717. The van der Waals surface area contributed by atoms with Crippen LogP contribution in [0.25, 0.3) is 0 Å². The number of ether oxygens (including phenoxy) is 1. The lowest BCUT2D eigenvalue weighted by Gasteiger charge is -2.09. The maximum atomic E-state index is 5.79. The van der Waals surface area contributed by atoms with E-state index in [0.717, 1.165) is 31.4 Å². The largest absolute Gasteiger partial charge is 0.488 e. The molecule has 2 aliphatic carbocycles. The van der Waals surface area contributed by atoms with Gasteiger partial charge in [-0.2, -0.15) is 0 Å². The van der Waals surface area contributed by atoms with Crippen LogP contribution >= 0.6 is 0 Å². The van der Waals surface area contributed by atoms with Gasteiger partial charge in [0.05, 0.1) is 0 Å². The SMILES string of the molecule is C=C(C)N.CCCC1=CC=C(OCC2=CCCC=C2)C=C=C1. The summed E-state index contributed by atoms with van der Waals surface area (Å²) in [4.78, 5) is 0. The highest BCUT2D eigenvalue weighted by Crippen LogP contribution is 2.14. The fraction of sp³-hybridized carbons (Fsp3) is 0.350. The topological polar surface area (TPSA) is 35.2 Å². The Morgan fingerprint density at radius 2 is 2.05 bits per heavy atom. The van der Waals surface area contributed by atoms with Crippen LogP contribution in [0, 0.1) is 0 Å². The zero-order chi connectivity index (χ0) is 16.2. The summed E-state index contributed by atoms with van der Waals surface area (Å²) in [5.74, 6) is 0.886. The van der Waals surface area contributed by atoms with E-state index in [9.17, 15) is 0 Å². The maximum Gasteiger partial charge on any atom is 0.127 e. The van der Waals surface area contributed by atoms with E-state index in [2.05, 4.69) is 43.5 Å². The molecule has 0 atom stereocenters. The van der Waals surface area contributed by atoms with Crippen molar-refractivity contribution in [2.45, 2.75) is 39.5 Å². The van der Waals surface area contributed by atoms with Crippen molar-refractivity contribution < 1.29 is 4.74 Å². The molecule has 2 rings (SSSR count). The van der Waals surface area contributed by atoms with Crippen molar-refractivity contribution in [2.75, 3.05) is 6.61 Å². The predicted molar refractivity (Wildman–Crippen MR) is 95.1 cm³/mol. The monoisotopic (exact) mass is 297 g/mol. The third-order valence-electron chi connectivity index (χ3n) is 2.97. The van der Waals surface area contributed by atoms with E-state index in [4.69, 9.17) is 10.5 Å². The van der Waals surface area contributed by atoms with E-state index in [1.165, 1.54) is 11.1 Å². The first-order valence-corrected chi connectivity index (χ1v) is 7.84. The lowest BCUT2D eigenvalue weighted by atomic mass is 10.1. The van der Waals surface area contributed by atoms with Crippen LogP contribution in [0.2, 0.25) is 0 Å². The molecule has 0 bridgehead atoms. The smallest absolute Gasteiger partial charge is 0.127 e. The fourth-order valence-electron chi connectivity index (χ4n) is 1.99. The third-order valence-corrected chi connectivity index (χ3v) is 2.97. The van der Waals surface area contributed by atoms with Gasteiger partial charge in [-0.15, -0.1) is 5.73 Å². The standard InChI is InChI=1S/C17H20O.C3H7N/c1-2-7-15-10-6-11-17(13-12-15)18-14-16-8-4-3-5-9-16;1-3(2)4/h4,8-13H,2-3,5,7,14H2,1H3;1,4H2,2H3. The minimum absolute atomic E-state index is 0.650. The van der Waals surface area contributed by atoms with Gasteiger partial charge in [-0.25, -0.2) is 0 Å². The second-order valence-electron chi connectivity index (χ2n) is 5.41. The van der Waals surface area contributed by atoms with Gasteiger partial charge in [-0.3, -0.25) is 0 Å². The van der Waals surface area contributed by atoms with Crippen molar-refractivity contribution in [3.05, 3.63) is 77.4 Å². The van der Waals surface area contributed by atoms with E-state index in [1.807, 2.05) is 18.2 Å². The van der Waals surface area contributed by atoms with E-state index in [-0.39, 0.29) is 0 Å². The van der Waals surface area contributed by atoms with Crippen LogP contribution in [-0.4, -0.2) is 6.61 Å². The molecule has 0 aromatic rings. The fourth-order valence-corrected chi connectivity index (χ4v) is 1.99. The van der Waals surface area contributed by atoms with Crippen LogP contribution < -0.4 is 5.73 Å². The molecule has 2 aliphatic rings. The third kappa shape index (κ3) is 8.18. The van der Waals surface area contributed by atoms with Gasteiger partial charge < -0.3 is 10.5 Å². The average molecular weight is 297 g/mol. The van der Waals surface area contributed by atoms with E-state index < -0.39 is 0 Å². The van der Waals surface area contributed by atoms with Crippen LogP contribution in [0.3, 0.4) is 0 Å². The molecule has 0 saturated carbocycles. The Morgan fingerprint density at radius 1 is 1.27 bits per heavy atom.